The molecule has 18 heavy (non-hydrogen) atoms. The molecule has 1 heterocycles. The van der Waals surface area contributed by atoms with E-state index < -0.39 is 5.97 Å². The van der Waals surface area contributed by atoms with Gasteiger partial charge in [-0.25, -0.2) is 9.48 Å². The van der Waals surface area contributed by atoms with Crippen molar-refractivity contribution >= 4 is 5.97 Å². The molecule has 0 aliphatic carbocycles. The standard InChI is InChI=1S/C12H21N3O3/c1-9(2)5-6-10-11(12(16)17)13-14-15(10)7-4-8-18-3/h9H,4-8H2,1-3H3,(H,16,17). The van der Waals surface area contributed by atoms with Crippen LogP contribution >= 0.6 is 0 Å². The van der Waals surface area contributed by atoms with Crippen LogP contribution in [0.3, 0.4) is 0 Å². The van der Waals surface area contributed by atoms with Gasteiger partial charge in [0, 0.05) is 20.3 Å². The molecule has 1 rings (SSSR count). The van der Waals surface area contributed by atoms with Crippen LogP contribution in [0.25, 0.3) is 0 Å². The third kappa shape index (κ3) is 4.10. The van der Waals surface area contributed by atoms with Crippen LogP contribution in [-0.4, -0.2) is 39.8 Å². The Morgan fingerprint density at radius 2 is 2.22 bits per heavy atom. The number of methoxy groups -OCH3 is 1. The van der Waals surface area contributed by atoms with Gasteiger partial charge < -0.3 is 9.84 Å². The van der Waals surface area contributed by atoms with Gasteiger partial charge in [-0.1, -0.05) is 19.1 Å². The van der Waals surface area contributed by atoms with Gasteiger partial charge in [-0.2, -0.15) is 0 Å². The summed E-state index contributed by atoms with van der Waals surface area (Å²) in [6, 6.07) is 0. The second kappa shape index (κ2) is 7.10. The van der Waals surface area contributed by atoms with Gasteiger partial charge >= 0.3 is 5.97 Å². The zero-order chi connectivity index (χ0) is 13.5. The summed E-state index contributed by atoms with van der Waals surface area (Å²) < 4.78 is 6.66. The zero-order valence-electron chi connectivity index (χ0n) is 11.2. The Labute approximate surface area is 107 Å². The highest BCUT2D eigenvalue weighted by Gasteiger charge is 2.18. The summed E-state index contributed by atoms with van der Waals surface area (Å²) in [5.74, 6) is -0.485. The highest BCUT2D eigenvalue weighted by Crippen LogP contribution is 2.13. The average Bonchev–Trinajstić information content (AvgIpc) is 2.70. The first-order chi connectivity index (χ1) is 8.56. The Bertz CT molecular complexity index is 388. The summed E-state index contributed by atoms with van der Waals surface area (Å²) in [7, 11) is 1.64. The Kier molecular flexibility index (Phi) is 5.77. The van der Waals surface area contributed by atoms with Crippen LogP contribution in [-0.2, 0) is 17.7 Å². The van der Waals surface area contributed by atoms with Gasteiger partial charge in [-0.3, -0.25) is 0 Å². The number of hydrogen-bond acceptors (Lipinski definition) is 4. The first-order valence-electron chi connectivity index (χ1n) is 6.20. The molecule has 0 spiro atoms. The third-order valence-corrected chi connectivity index (χ3v) is 2.72. The number of hydrogen-bond donors (Lipinski definition) is 1. The number of ether oxygens (including phenoxy) is 1. The SMILES string of the molecule is COCCCn1nnc(C(=O)O)c1CCC(C)C. The second-order valence-corrected chi connectivity index (χ2v) is 4.69. The molecule has 0 amide bonds. The Morgan fingerprint density at radius 3 is 2.78 bits per heavy atom. The predicted molar refractivity (Wildman–Crippen MR) is 66.6 cm³/mol. The molecule has 0 saturated heterocycles. The fraction of sp³-hybridized carbons (Fsp3) is 0.750. The smallest absolute Gasteiger partial charge is 0.358 e. The number of aromatic carboxylic acids is 1. The molecule has 0 atom stereocenters. The molecule has 1 aromatic rings. The zero-order valence-corrected chi connectivity index (χ0v) is 11.2. The molecule has 0 saturated carbocycles. The number of rotatable bonds is 8. The van der Waals surface area contributed by atoms with Gasteiger partial charge in [0.2, 0.25) is 0 Å². The summed E-state index contributed by atoms with van der Waals surface area (Å²) in [6.45, 7) is 5.49. The van der Waals surface area contributed by atoms with E-state index >= 15 is 0 Å². The maximum atomic E-state index is 11.1. The fourth-order valence-corrected chi connectivity index (χ4v) is 1.71. The number of carboxylic acid groups (broad SMARTS) is 1. The molecule has 0 aliphatic rings. The molecule has 0 aromatic carbocycles. The number of carbonyl (C=O) groups is 1. The lowest BCUT2D eigenvalue weighted by atomic mass is 10.1. The molecule has 0 radical (unpaired) electrons. The van der Waals surface area contributed by atoms with Crippen LogP contribution in [0.2, 0.25) is 0 Å². The van der Waals surface area contributed by atoms with E-state index in [1.165, 1.54) is 0 Å². The normalized spacial score (nSPS) is 11.1. The topological polar surface area (TPSA) is 77.2 Å². The molecule has 0 aliphatic heterocycles. The van der Waals surface area contributed by atoms with Crippen LogP contribution in [0.4, 0.5) is 0 Å². The third-order valence-electron chi connectivity index (χ3n) is 2.72. The van der Waals surface area contributed by atoms with Crippen LogP contribution in [0.15, 0.2) is 0 Å². The second-order valence-electron chi connectivity index (χ2n) is 4.69. The molecular formula is C12H21N3O3. The molecule has 102 valence electrons. The molecular weight excluding hydrogens is 234 g/mol. The van der Waals surface area contributed by atoms with Crippen LogP contribution in [0.5, 0.6) is 0 Å². The van der Waals surface area contributed by atoms with Gasteiger partial charge in [0.25, 0.3) is 0 Å². The van der Waals surface area contributed by atoms with Crippen LogP contribution in [0, 0.1) is 5.92 Å². The van der Waals surface area contributed by atoms with E-state index in [0.717, 1.165) is 12.8 Å². The first-order valence-corrected chi connectivity index (χ1v) is 6.20. The molecule has 6 nitrogen and oxygen atoms in total. The van der Waals surface area contributed by atoms with Gasteiger partial charge in [0.15, 0.2) is 5.69 Å². The maximum absolute atomic E-state index is 11.1. The van der Waals surface area contributed by atoms with E-state index in [1.807, 2.05) is 0 Å². The summed E-state index contributed by atoms with van der Waals surface area (Å²) >= 11 is 0. The average molecular weight is 255 g/mol. The number of carboxylic acids is 1. The summed E-state index contributed by atoms with van der Waals surface area (Å²) in [4.78, 5) is 11.1. The minimum absolute atomic E-state index is 0.0769. The maximum Gasteiger partial charge on any atom is 0.358 e. The fourth-order valence-electron chi connectivity index (χ4n) is 1.71. The monoisotopic (exact) mass is 255 g/mol. The first kappa shape index (κ1) is 14.6. The van der Waals surface area contributed by atoms with Crippen molar-refractivity contribution in [2.45, 2.75) is 39.7 Å². The number of nitrogens with zero attached hydrogens (tertiary/aromatic N) is 3. The lowest BCUT2D eigenvalue weighted by molar-refractivity contribution is 0.0689. The van der Waals surface area contributed by atoms with Crippen molar-refractivity contribution in [1.82, 2.24) is 15.0 Å². The van der Waals surface area contributed by atoms with Crippen LogP contribution in [0.1, 0.15) is 42.9 Å². The van der Waals surface area contributed by atoms with Gasteiger partial charge in [-0.15, -0.1) is 5.10 Å². The lowest BCUT2D eigenvalue weighted by Gasteiger charge is -2.08. The van der Waals surface area contributed by atoms with Crippen molar-refractivity contribution in [3.05, 3.63) is 11.4 Å². The summed E-state index contributed by atoms with van der Waals surface area (Å²) in [5.41, 5.74) is 0.792. The molecule has 0 bridgehead atoms. The van der Waals surface area contributed by atoms with Crippen molar-refractivity contribution in [3.63, 3.8) is 0 Å². The Balaban J connectivity index is 2.78. The molecule has 6 heteroatoms. The van der Waals surface area contributed by atoms with Crippen LogP contribution < -0.4 is 0 Å². The van der Waals surface area contributed by atoms with E-state index in [2.05, 4.69) is 24.2 Å². The largest absolute Gasteiger partial charge is 0.476 e. The number of aryl methyl sites for hydroxylation is 1. The predicted octanol–water partition coefficient (Wildman–Crippen LogP) is 1.60. The van der Waals surface area contributed by atoms with Crippen molar-refractivity contribution in [1.29, 1.82) is 0 Å². The quantitative estimate of drug-likeness (QED) is 0.714. The molecule has 1 N–H and O–H groups in total. The molecule has 0 unspecified atom stereocenters. The summed E-state index contributed by atoms with van der Waals surface area (Å²) in [6.07, 6.45) is 2.42. The van der Waals surface area contributed by atoms with Gasteiger partial charge in [0.1, 0.15) is 0 Å². The minimum Gasteiger partial charge on any atom is -0.476 e. The summed E-state index contributed by atoms with van der Waals surface area (Å²) in [5, 5.41) is 16.7. The Morgan fingerprint density at radius 1 is 1.50 bits per heavy atom. The number of aromatic nitrogens is 3. The van der Waals surface area contributed by atoms with Crippen molar-refractivity contribution in [3.8, 4) is 0 Å². The minimum atomic E-state index is -1.01. The highest BCUT2D eigenvalue weighted by molar-refractivity contribution is 5.86. The van der Waals surface area contributed by atoms with Gasteiger partial charge in [0.05, 0.1) is 5.69 Å². The Hall–Kier alpha value is -1.43. The van der Waals surface area contributed by atoms with Gasteiger partial charge in [-0.05, 0) is 25.2 Å². The molecule has 0 fully saturated rings. The lowest BCUT2D eigenvalue weighted by Crippen LogP contribution is -2.11. The highest BCUT2D eigenvalue weighted by atomic mass is 16.5. The van der Waals surface area contributed by atoms with E-state index in [-0.39, 0.29) is 5.69 Å². The van der Waals surface area contributed by atoms with Crippen molar-refractivity contribution in [2.75, 3.05) is 13.7 Å². The molecule has 1 aromatic heterocycles. The van der Waals surface area contributed by atoms with E-state index in [0.29, 0.717) is 31.2 Å². The van der Waals surface area contributed by atoms with Crippen molar-refractivity contribution < 1.29 is 14.6 Å². The van der Waals surface area contributed by atoms with E-state index in [9.17, 15) is 4.79 Å². The van der Waals surface area contributed by atoms with E-state index in [1.54, 1.807) is 11.8 Å². The van der Waals surface area contributed by atoms with E-state index in [4.69, 9.17) is 9.84 Å². The van der Waals surface area contributed by atoms with Crippen molar-refractivity contribution in [2.24, 2.45) is 5.92 Å².